The Kier molecular flexibility index (Phi) is 8.38. The van der Waals surface area contributed by atoms with Gasteiger partial charge in [0.15, 0.2) is 0 Å². The lowest BCUT2D eigenvalue weighted by Crippen LogP contribution is -2.05. The molecule has 37 heavy (non-hydrogen) atoms. The molecule has 0 spiro atoms. The molecule has 192 valence electrons. The van der Waals surface area contributed by atoms with Gasteiger partial charge < -0.3 is 11.5 Å². The summed E-state index contributed by atoms with van der Waals surface area (Å²) in [4.78, 5) is 0. The van der Waals surface area contributed by atoms with Gasteiger partial charge in [-0.2, -0.15) is 0 Å². The van der Waals surface area contributed by atoms with Gasteiger partial charge in [-0.1, -0.05) is 81.4 Å². The maximum absolute atomic E-state index is 6.00. The van der Waals surface area contributed by atoms with Gasteiger partial charge in [-0.25, -0.2) is 0 Å². The fraction of sp³-hybridized carbons (Fsp3) is 0.314. The van der Waals surface area contributed by atoms with E-state index in [1.165, 1.54) is 44.5 Å². The average molecular weight is 491 g/mol. The van der Waals surface area contributed by atoms with Crippen LogP contribution in [-0.2, 0) is 0 Å². The van der Waals surface area contributed by atoms with Crippen LogP contribution in [0.15, 0.2) is 84.9 Å². The minimum Gasteiger partial charge on any atom is -0.399 e. The fourth-order valence-electron chi connectivity index (χ4n) is 6.04. The first-order valence-corrected chi connectivity index (χ1v) is 13.8. The molecule has 0 heterocycles. The van der Waals surface area contributed by atoms with Crippen molar-refractivity contribution in [1.82, 2.24) is 0 Å². The summed E-state index contributed by atoms with van der Waals surface area (Å²) in [6.45, 7) is 11.1. The van der Waals surface area contributed by atoms with Crippen molar-refractivity contribution in [2.24, 2.45) is 0 Å². The van der Waals surface area contributed by atoms with Gasteiger partial charge in [0.2, 0.25) is 0 Å². The van der Waals surface area contributed by atoms with Crippen LogP contribution < -0.4 is 11.5 Å². The van der Waals surface area contributed by atoms with E-state index in [1.807, 2.05) is 12.1 Å². The average Bonchev–Trinajstić information content (AvgIpc) is 2.89. The van der Waals surface area contributed by atoms with Gasteiger partial charge in [0.1, 0.15) is 0 Å². The number of nitrogens with two attached hydrogens (primary N) is 2. The maximum Gasteiger partial charge on any atom is 0.0316 e. The molecule has 4 N–H and O–H groups in total. The van der Waals surface area contributed by atoms with Crippen molar-refractivity contribution < 1.29 is 0 Å². The van der Waals surface area contributed by atoms with Crippen molar-refractivity contribution in [3.05, 3.63) is 129 Å². The zero-order valence-corrected chi connectivity index (χ0v) is 23.1. The topological polar surface area (TPSA) is 52.0 Å². The predicted octanol–water partition coefficient (Wildman–Crippen LogP) is 9.09. The van der Waals surface area contributed by atoms with E-state index in [0.29, 0.717) is 17.8 Å². The van der Waals surface area contributed by atoms with Crippen molar-refractivity contribution in [2.75, 3.05) is 11.5 Å². The third kappa shape index (κ3) is 5.74. The summed E-state index contributed by atoms with van der Waals surface area (Å²) in [6.07, 6.45) is 3.20. The third-order valence-electron chi connectivity index (χ3n) is 8.05. The second kappa shape index (κ2) is 11.7. The van der Waals surface area contributed by atoms with Crippen LogP contribution in [0.5, 0.6) is 0 Å². The Hall–Kier alpha value is -3.52. The lowest BCUT2D eigenvalue weighted by atomic mass is 9.82. The Labute approximate surface area is 223 Å². The first kappa shape index (κ1) is 26.5. The van der Waals surface area contributed by atoms with Crippen LogP contribution in [0.25, 0.3) is 0 Å². The van der Waals surface area contributed by atoms with Crippen LogP contribution in [0.1, 0.15) is 102 Å². The summed E-state index contributed by atoms with van der Waals surface area (Å²) >= 11 is 0. The highest BCUT2D eigenvalue weighted by molar-refractivity contribution is 5.49. The maximum atomic E-state index is 6.00. The Balaban J connectivity index is 1.57. The first-order valence-electron chi connectivity index (χ1n) is 13.8. The van der Waals surface area contributed by atoms with Gasteiger partial charge in [0.25, 0.3) is 0 Å². The Morgan fingerprint density at radius 2 is 0.757 bits per heavy atom. The molecule has 4 aromatic carbocycles. The summed E-state index contributed by atoms with van der Waals surface area (Å²) in [5, 5.41) is 0. The van der Waals surface area contributed by atoms with Crippen molar-refractivity contribution >= 4 is 11.4 Å². The van der Waals surface area contributed by atoms with Gasteiger partial charge in [-0.05, 0) is 102 Å². The zero-order valence-electron chi connectivity index (χ0n) is 23.1. The molecule has 0 radical (unpaired) electrons. The molecular weight excluding hydrogens is 448 g/mol. The van der Waals surface area contributed by atoms with E-state index in [4.69, 9.17) is 11.5 Å². The summed E-state index contributed by atoms with van der Waals surface area (Å²) < 4.78 is 0. The molecule has 0 saturated heterocycles. The number of benzene rings is 4. The van der Waals surface area contributed by atoms with Crippen molar-refractivity contribution in [3.63, 3.8) is 0 Å². The summed E-state index contributed by atoms with van der Waals surface area (Å²) in [5.41, 5.74) is 24.4. The van der Waals surface area contributed by atoms with Crippen LogP contribution in [-0.4, -0.2) is 0 Å². The summed E-state index contributed by atoms with van der Waals surface area (Å²) in [6, 6.07) is 31.2. The van der Waals surface area contributed by atoms with Crippen LogP contribution in [0, 0.1) is 13.8 Å². The van der Waals surface area contributed by atoms with Gasteiger partial charge >= 0.3 is 0 Å². The van der Waals surface area contributed by atoms with E-state index in [0.717, 1.165) is 30.6 Å². The molecule has 0 aliphatic heterocycles. The van der Waals surface area contributed by atoms with Crippen LogP contribution in [0.4, 0.5) is 11.4 Å². The second-order valence-corrected chi connectivity index (χ2v) is 10.4. The first-order chi connectivity index (χ1) is 17.9. The second-order valence-electron chi connectivity index (χ2n) is 10.4. The largest absolute Gasteiger partial charge is 0.399 e. The standard InChI is InChI=1S/C35H42N2/c1-6-31(25-9-13-27(14-10-25)32(7-2)34-19-17-29(36)21-23(34)4)26-11-15-28(16-12-26)33(8-3)35-20-18-30(37)22-24(35)5/h9-22,31-33H,6-8,36-37H2,1-5H3. The molecule has 4 rings (SSSR count). The van der Waals surface area contributed by atoms with E-state index in [2.05, 4.69) is 107 Å². The monoisotopic (exact) mass is 490 g/mol. The highest BCUT2D eigenvalue weighted by atomic mass is 14.5. The minimum atomic E-state index is 0.386. The zero-order chi connectivity index (χ0) is 26.5. The third-order valence-corrected chi connectivity index (χ3v) is 8.05. The van der Waals surface area contributed by atoms with E-state index < -0.39 is 0 Å². The van der Waals surface area contributed by atoms with Crippen molar-refractivity contribution in [1.29, 1.82) is 0 Å². The fourth-order valence-corrected chi connectivity index (χ4v) is 6.04. The highest BCUT2D eigenvalue weighted by Crippen LogP contribution is 2.36. The molecule has 0 aliphatic carbocycles. The molecule has 2 nitrogen and oxygen atoms in total. The van der Waals surface area contributed by atoms with Crippen molar-refractivity contribution in [3.8, 4) is 0 Å². The normalized spacial score (nSPS) is 13.8. The molecule has 2 atom stereocenters. The number of nitrogen functional groups attached to an aromatic ring is 2. The molecular formula is C35H42N2. The number of rotatable bonds is 9. The molecule has 0 amide bonds. The van der Waals surface area contributed by atoms with Crippen LogP contribution in [0.3, 0.4) is 0 Å². The van der Waals surface area contributed by atoms with Gasteiger partial charge in [0.05, 0.1) is 0 Å². The lowest BCUT2D eigenvalue weighted by molar-refractivity contribution is 0.754. The Bertz CT molecular complexity index is 1220. The SMILES string of the molecule is CCC(c1ccc(C(CC)c2ccc(N)cc2C)cc1)c1ccc(C(CC)c2ccc(N)cc2C)cc1. The van der Waals surface area contributed by atoms with Crippen molar-refractivity contribution in [2.45, 2.75) is 71.6 Å². The number of hydrogen-bond donors (Lipinski definition) is 2. The van der Waals surface area contributed by atoms with E-state index in [-0.39, 0.29) is 0 Å². The molecule has 0 fully saturated rings. The van der Waals surface area contributed by atoms with E-state index in [1.54, 1.807) is 0 Å². The lowest BCUT2D eigenvalue weighted by Gasteiger charge is -2.22. The van der Waals surface area contributed by atoms with Gasteiger partial charge in [0, 0.05) is 29.1 Å². The molecule has 4 aromatic rings. The number of hydrogen-bond acceptors (Lipinski definition) is 2. The van der Waals surface area contributed by atoms with E-state index >= 15 is 0 Å². The minimum absolute atomic E-state index is 0.386. The Morgan fingerprint density at radius 1 is 0.459 bits per heavy atom. The molecule has 0 aliphatic rings. The van der Waals surface area contributed by atoms with Gasteiger partial charge in [-0.15, -0.1) is 0 Å². The quantitative estimate of drug-likeness (QED) is 0.230. The summed E-state index contributed by atoms with van der Waals surface area (Å²) in [7, 11) is 0. The molecule has 2 unspecified atom stereocenters. The molecule has 0 aromatic heterocycles. The number of aryl methyl sites for hydroxylation is 2. The Morgan fingerprint density at radius 3 is 1.03 bits per heavy atom. The van der Waals surface area contributed by atoms with Crippen LogP contribution in [0.2, 0.25) is 0 Å². The smallest absolute Gasteiger partial charge is 0.0316 e. The van der Waals surface area contributed by atoms with E-state index in [9.17, 15) is 0 Å². The predicted molar refractivity (Wildman–Crippen MR) is 160 cm³/mol. The number of anilines is 2. The molecule has 0 bridgehead atoms. The summed E-state index contributed by atoms with van der Waals surface area (Å²) in [5.74, 6) is 1.16. The molecule has 0 saturated carbocycles. The van der Waals surface area contributed by atoms with Crippen LogP contribution >= 0.6 is 0 Å². The van der Waals surface area contributed by atoms with Gasteiger partial charge in [-0.3, -0.25) is 0 Å². The highest BCUT2D eigenvalue weighted by Gasteiger charge is 2.19. The molecule has 2 heteroatoms.